The molecular weight excluding hydrogens is 405 g/mol. The molecular formula is C17H14F5N3O2S. The minimum Gasteiger partial charge on any atom is -0.302 e. The summed E-state index contributed by atoms with van der Waals surface area (Å²) in [6.45, 7) is 0. The molecule has 2 aromatic rings. The number of hydrogen-bond donors (Lipinski definition) is 1. The fourth-order valence-electron chi connectivity index (χ4n) is 2.70. The average molecular weight is 419 g/mol. The van der Waals surface area contributed by atoms with Crippen LogP contribution in [0.3, 0.4) is 0 Å². The molecule has 5 nitrogen and oxygen atoms in total. The molecule has 0 radical (unpaired) electrons. The van der Waals surface area contributed by atoms with Gasteiger partial charge < -0.3 is 5.43 Å². The molecule has 0 amide bonds. The van der Waals surface area contributed by atoms with E-state index in [1.165, 1.54) is 24.5 Å². The highest BCUT2D eigenvalue weighted by Gasteiger charge is 2.62. The van der Waals surface area contributed by atoms with Gasteiger partial charge in [-0.25, -0.2) is 8.42 Å². The van der Waals surface area contributed by atoms with E-state index in [0.29, 0.717) is 16.7 Å². The maximum absolute atomic E-state index is 13.4. The fraction of sp³-hybridized carbons (Fsp3) is 0.294. The quantitative estimate of drug-likeness (QED) is 0.767. The lowest BCUT2D eigenvalue weighted by atomic mass is 9.98. The van der Waals surface area contributed by atoms with E-state index in [-0.39, 0.29) is 4.90 Å². The lowest BCUT2D eigenvalue weighted by molar-refractivity contribution is -0.249. The van der Waals surface area contributed by atoms with Gasteiger partial charge in [0, 0.05) is 30.6 Å². The molecule has 1 aromatic heterocycles. The van der Waals surface area contributed by atoms with Crippen molar-refractivity contribution in [2.45, 2.75) is 29.5 Å². The Morgan fingerprint density at radius 3 is 2.25 bits per heavy atom. The number of pyridine rings is 1. The third-order valence-electron chi connectivity index (χ3n) is 4.25. The highest BCUT2D eigenvalue weighted by atomic mass is 32.2. The highest BCUT2D eigenvalue weighted by molar-refractivity contribution is 7.90. The number of benzene rings is 1. The summed E-state index contributed by atoms with van der Waals surface area (Å²) in [5.41, 5.74) is 2.55. The molecule has 2 heterocycles. The van der Waals surface area contributed by atoms with Gasteiger partial charge in [0.25, 0.3) is 0 Å². The average Bonchev–Trinajstić information content (AvgIpc) is 3.11. The van der Waals surface area contributed by atoms with Gasteiger partial charge >= 0.3 is 12.1 Å². The minimum atomic E-state index is -5.72. The van der Waals surface area contributed by atoms with Crippen molar-refractivity contribution in [3.05, 3.63) is 48.3 Å². The van der Waals surface area contributed by atoms with E-state index in [4.69, 9.17) is 0 Å². The fourth-order valence-corrected chi connectivity index (χ4v) is 3.33. The van der Waals surface area contributed by atoms with Crippen molar-refractivity contribution in [3.8, 4) is 11.1 Å². The van der Waals surface area contributed by atoms with E-state index in [1.54, 1.807) is 18.2 Å². The van der Waals surface area contributed by atoms with Gasteiger partial charge in [0.1, 0.15) is 5.71 Å². The van der Waals surface area contributed by atoms with Gasteiger partial charge in [-0.2, -0.15) is 27.1 Å². The molecule has 0 fully saturated rings. The minimum absolute atomic E-state index is 0.130. The molecule has 0 saturated carbocycles. The zero-order chi connectivity index (χ0) is 20.7. The van der Waals surface area contributed by atoms with Crippen molar-refractivity contribution >= 4 is 15.5 Å². The summed E-state index contributed by atoms with van der Waals surface area (Å²) in [6, 6.07) is 6.63. The van der Waals surface area contributed by atoms with Gasteiger partial charge in [-0.1, -0.05) is 12.1 Å². The van der Waals surface area contributed by atoms with Crippen molar-refractivity contribution < 1.29 is 30.4 Å². The van der Waals surface area contributed by atoms with E-state index in [1.807, 2.05) is 0 Å². The van der Waals surface area contributed by atoms with Gasteiger partial charge in [-0.15, -0.1) is 0 Å². The third-order valence-corrected chi connectivity index (χ3v) is 5.38. The van der Waals surface area contributed by atoms with Crippen molar-refractivity contribution in [3.63, 3.8) is 0 Å². The molecule has 11 heteroatoms. The predicted octanol–water partition coefficient (Wildman–Crippen LogP) is 3.74. The SMILES string of the molecule is CS(=O)(=O)c1ccc(-c2cncc(C3CC(C(F)(F)C(F)(F)F)=NN3)c2)cc1. The van der Waals surface area contributed by atoms with Crippen molar-refractivity contribution in [1.29, 1.82) is 0 Å². The molecule has 1 aliphatic heterocycles. The van der Waals surface area contributed by atoms with Gasteiger partial charge in [0.15, 0.2) is 9.84 Å². The summed E-state index contributed by atoms with van der Waals surface area (Å²) in [5.74, 6) is -5.01. The van der Waals surface area contributed by atoms with Crippen LogP contribution in [0, 0.1) is 0 Å². The first-order valence-electron chi connectivity index (χ1n) is 7.92. The largest absolute Gasteiger partial charge is 0.459 e. The lowest BCUT2D eigenvalue weighted by Gasteiger charge is -2.19. The lowest BCUT2D eigenvalue weighted by Crippen LogP contribution is -2.43. The second-order valence-corrected chi connectivity index (χ2v) is 8.34. The van der Waals surface area contributed by atoms with Crippen molar-refractivity contribution in [1.82, 2.24) is 10.4 Å². The van der Waals surface area contributed by atoms with Gasteiger partial charge in [-0.3, -0.25) is 4.98 Å². The highest BCUT2D eigenvalue weighted by Crippen LogP contribution is 2.40. The van der Waals surface area contributed by atoms with Crippen LogP contribution < -0.4 is 5.43 Å². The van der Waals surface area contributed by atoms with E-state index in [9.17, 15) is 30.4 Å². The second-order valence-electron chi connectivity index (χ2n) is 6.32. The number of aromatic nitrogens is 1. The number of rotatable bonds is 4. The smallest absolute Gasteiger partial charge is 0.302 e. The Morgan fingerprint density at radius 1 is 1.04 bits per heavy atom. The molecule has 28 heavy (non-hydrogen) atoms. The molecule has 1 aromatic carbocycles. The van der Waals surface area contributed by atoms with Crippen LogP contribution in [0.15, 0.2) is 52.7 Å². The first-order chi connectivity index (χ1) is 12.9. The zero-order valence-electron chi connectivity index (χ0n) is 14.3. The molecule has 0 aliphatic carbocycles. The van der Waals surface area contributed by atoms with Crippen LogP contribution in [0.5, 0.6) is 0 Å². The Kier molecular flexibility index (Phi) is 4.90. The monoisotopic (exact) mass is 419 g/mol. The molecule has 1 aliphatic rings. The summed E-state index contributed by atoms with van der Waals surface area (Å²) >= 11 is 0. The van der Waals surface area contributed by atoms with Crippen LogP contribution in [0.4, 0.5) is 22.0 Å². The van der Waals surface area contributed by atoms with Crippen LogP contribution in [0.1, 0.15) is 18.0 Å². The van der Waals surface area contributed by atoms with E-state index in [0.717, 1.165) is 6.26 Å². The van der Waals surface area contributed by atoms with Crippen LogP contribution in [0.2, 0.25) is 0 Å². The van der Waals surface area contributed by atoms with Crippen molar-refractivity contribution in [2.24, 2.45) is 5.10 Å². The molecule has 150 valence electrons. The van der Waals surface area contributed by atoms with Crippen LogP contribution in [0.25, 0.3) is 11.1 Å². The van der Waals surface area contributed by atoms with Gasteiger partial charge in [0.05, 0.1) is 10.9 Å². The zero-order valence-corrected chi connectivity index (χ0v) is 15.2. The summed E-state index contributed by atoms with van der Waals surface area (Å²) in [7, 11) is -3.36. The number of sulfone groups is 1. The molecule has 0 saturated heterocycles. The number of alkyl halides is 5. The molecule has 1 N–H and O–H groups in total. The standard InChI is InChI=1S/C17H14F5N3O2S/c1-28(26,27)13-4-2-10(3-5-13)11-6-12(9-23-8-11)14-7-15(25-24-14)16(18,19)17(20,21)22/h2-6,8-9,14,24H,7H2,1H3. The molecule has 3 rings (SSSR count). The van der Waals surface area contributed by atoms with E-state index >= 15 is 0 Å². The number of nitrogens with zero attached hydrogens (tertiary/aromatic N) is 2. The summed E-state index contributed by atoms with van der Waals surface area (Å²) in [4.78, 5) is 4.12. The van der Waals surface area contributed by atoms with Crippen LogP contribution in [-0.2, 0) is 9.84 Å². The van der Waals surface area contributed by atoms with Crippen LogP contribution >= 0.6 is 0 Å². The van der Waals surface area contributed by atoms with Gasteiger partial charge in [-0.05, 0) is 29.3 Å². The normalized spacial score (nSPS) is 17.9. The van der Waals surface area contributed by atoms with Crippen molar-refractivity contribution in [2.75, 3.05) is 6.26 Å². The molecule has 1 unspecified atom stereocenters. The summed E-state index contributed by atoms with van der Waals surface area (Å²) in [5, 5.41) is 3.17. The third kappa shape index (κ3) is 3.84. The van der Waals surface area contributed by atoms with Crippen LogP contribution in [-0.4, -0.2) is 37.5 Å². The second kappa shape index (κ2) is 6.80. The molecule has 1 atom stereocenters. The molecule has 0 bridgehead atoms. The summed E-state index contributed by atoms with van der Waals surface area (Å²) in [6.07, 6.45) is -2.45. The van der Waals surface area contributed by atoms with Gasteiger partial charge in [0.2, 0.25) is 0 Å². The Labute approximate surface area is 157 Å². The molecule has 0 spiro atoms. The maximum atomic E-state index is 13.4. The Hall–Kier alpha value is -2.56. The maximum Gasteiger partial charge on any atom is 0.459 e. The van der Waals surface area contributed by atoms with E-state index < -0.39 is 40.1 Å². The number of nitrogens with one attached hydrogen (secondary N) is 1. The first kappa shape index (κ1) is 20.2. The Morgan fingerprint density at radius 2 is 1.68 bits per heavy atom. The summed E-state index contributed by atoms with van der Waals surface area (Å²) < 4.78 is 87.4. The predicted molar refractivity (Wildman–Crippen MR) is 91.7 cm³/mol. The number of hydrazone groups is 1. The number of hydrogen-bond acceptors (Lipinski definition) is 5. The first-order valence-corrected chi connectivity index (χ1v) is 9.81. The topological polar surface area (TPSA) is 71.4 Å². The Bertz CT molecular complexity index is 1020. The van der Waals surface area contributed by atoms with E-state index in [2.05, 4.69) is 15.5 Å². The Balaban J connectivity index is 1.82. The number of halogens is 5.